The molecule has 0 aliphatic carbocycles. The Labute approximate surface area is 162 Å². The highest BCUT2D eigenvalue weighted by molar-refractivity contribution is 5.87. The SMILES string of the molecule is O=C1N(CCc2ccccc2)CCCC12CCCN2CC1COCCOC1. The van der Waals surface area contributed by atoms with E-state index < -0.39 is 0 Å². The maximum atomic E-state index is 13.5. The Balaban J connectivity index is 1.41. The minimum atomic E-state index is -0.277. The fourth-order valence-electron chi connectivity index (χ4n) is 5.00. The zero-order chi connectivity index (χ0) is 18.5. The molecule has 3 fully saturated rings. The molecule has 1 amide bonds. The van der Waals surface area contributed by atoms with Crippen molar-refractivity contribution in [3.63, 3.8) is 0 Å². The van der Waals surface area contributed by atoms with Crippen LogP contribution in [0.25, 0.3) is 0 Å². The summed E-state index contributed by atoms with van der Waals surface area (Å²) < 4.78 is 11.4. The van der Waals surface area contributed by atoms with Crippen molar-refractivity contribution in [3.8, 4) is 0 Å². The lowest BCUT2D eigenvalue weighted by molar-refractivity contribution is -0.148. The highest BCUT2D eigenvalue weighted by Gasteiger charge is 2.50. The molecule has 27 heavy (non-hydrogen) atoms. The van der Waals surface area contributed by atoms with E-state index in [1.54, 1.807) is 0 Å². The summed E-state index contributed by atoms with van der Waals surface area (Å²) in [7, 11) is 0. The maximum absolute atomic E-state index is 13.5. The molecule has 0 N–H and O–H groups in total. The Kier molecular flexibility index (Phi) is 6.11. The molecule has 1 atom stereocenters. The van der Waals surface area contributed by atoms with Gasteiger partial charge in [-0.05, 0) is 44.2 Å². The van der Waals surface area contributed by atoms with Crippen molar-refractivity contribution in [1.82, 2.24) is 9.80 Å². The van der Waals surface area contributed by atoms with Crippen molar-refractivity contribution < 1.29 is 14.3 Å². The van der Waals surface area contributed by atoms with Crippen LogP contribution in [0.1, 0.15) is 31.2 Å². The molecule has 1 spiro atoms. The predicted molar refractivity (Wildman–Crippen MR) is 105 cm³/mol. The molecule has 3 aliphatic rings. The summed E-state index contributed by atoms with van der Waals surface area (Å²) in [5.74, 6) is 0.729. The summed E-state index contributed by atoms with van der Waals surface area (Å²) in [6.45, 7) is 6.54. The zero-order valence-corrected chi connectivity index (χ0v) is 16.3. The van der Waals surface area contributed by atoms with E-state index >= 15 is 0 Å². The van der Waals surface area contributed by atoms with Crippen LogP contribution in [0.2, 0.25) is 0 Å². The molecule has 5 heteroatoms. The van der Waals surface area contributed by atoms with Crippen molar-refractivity contribution in [3.05, 3.63) is 35.9 Å². The Hall–Kier alpha value is -1.43. The summed E-state index contributed by atoms with van der Waals surface area (Å²) in [6, 6.07) is 10.5. The number of rotatable bonds is 5. The van der Waals surface area contributed by atoms with Crippen LogP contribution < -0.4 is 0 Å². The minimum absolute atomic E-state index is 0.277. The molecular weight excluding hydrogens is 340 g/mol. The lowest BCUT2D eigenvalue weighted by atomic mass is 9.84. The maximum Gasteiger partial charge on any atom is 0.243 e. The van der Waals surface area contributed by atoms with Crippen molar-refractivity contribution in [2.75, 3.05) is 52.6 Å². The summed E-state index contributed by atoms with van der Waals surface area (Å²) in [4.78, 5) is 18.1. The fraction of sp³-hybridized carbons (Fsp3) is 0.682. The molecule has 0 bridgehead atoms. The van der Waals surface area contributed by atoms with Crippen LogP contribution in [0.15, 0.2) is 30.3 Å². The van der Waals surface area contributed by atoms with Gasteiger partial charge in [0.15, 0.2) is 0 Å². The third kappa shape index (κ3) is 4.20. The molecule has 3 heterocycles. The van der Waals surface area contributed by atoms with Gasteiger partial charge in [-0.2, -0.15) is 0 Å². The van der Waals surface area contributed by atoms with Crippen LogP contribution in [0.5, 0.6) is 0 Å². The Morgan fingerprint density at radius 1 is 1.00 bits per heavy atom. The van der Waals surface area contributed by atoms with E-state index in [4.69, 9.17) is 9.47 Å². The second kappa shape index (κ2) is 8.72. The summed E-state index contributed by atoms with van der Waals surface area (Å²) in [5.41, 5.74) is 1.03. The largest absolute Gasteiger partial charge is 0.379 e. The van der Waals surface area contributed by atoms with Gasteiger partial charge in [-0.1, -0.05) is 30.3 Å². The topological polar surface area (TPSA) is 42.0 Å². The van der Waals surface area contributed by atoms with Gasteiger partial charge in [0.25, 0.3) is 0 Å². The number of hydrogen-bond donors (Lipinski definition) is 0. The van der Waals surface area contributed by atoms with Gasteiger partial charge in [0.05, 0.1) is 26.4 Å². The third-order valence-corrected chi connectivity index (χ3v) is 6.40. The van der Waals surface area contributed by atoms with Crippen LogP contribution in [0, 0.1) is 5.92 Å². The Morgan fingerprint density at radius 2 is 1.70 bits per heavy atom. The number of carbonyl (C=O) groups is 1. The number of nitrogens with zero attached hydrogens (tertiary/aromatic N) is 2. The predicted octanol–water partition coefficient (Wildman–Crippen LogP) is 2.35. The lowest BCUT2D eigenvalue weighted by Gasteiger charge is -2.45. The zero-order valence-electron chi connectivity index (χ0n) is 16.3. The standard InChI is InChI=1S/C22H32N2O3/c25-21-22(9-4-11-23(21)13-8-19-6-2-1-3-7-19)10-5-12-24(22)16-20-17-26-14-15-27-18-20/h1-3,6-7,20H,4-5,8-18H2. The van der Waals surface area contributed by atoms with Crippen molar-refractivity contribution >= 4 is 5.91 Å². The Bertz CT molecular complexity index is 615. The van der Waals surface area contributed by atoms with Gasteiger partial charge in [-0.15, -0.1) is 0 Å². The molecule has 0 saturated carbocycles. The Morgan fingerprint density at radius 3 is 2.44 bits per heavy atom. The molecule has 0 radical (unpaired) electrons. The first-order valence-electron chi connectivity index (χ1n) is 10.5. The first-order chi connectivity index (χ1) is 13.3. The van der Waals surface area contributed by atoms with Gasteiger partial charge >= 0.3 is 0 Å². The van der Waals surface area contributed by atoms with Crippen LogP contribution in [-0.4, -0.2) is 73.9 Å². The second-order valence-electron chi connectivity index (χ2n) is 8.23. The number of hydrogen-bond acceptors (Lipinski definition) is 4. The summed E-state index contributed by atoms with van der Waals surface area (Å²) in [6.07, 6.45) is 5.17. The molecule has 1 aromatic rings. The molecule has 1 unspecified atom stereocenters. The van der Waals surface area contributed by atoms with Crippen molar-refractivity contribution in [2.45, 2.75) is 37.6 Å². The average Bonchev–Trinajstić information content (AvgIpc) is 2.90. The lowest BCUT2D eigenvalue weighted by Crippen LogP contribution is -2.61. The quantitative estimate of drug-likeness (QED) is 0.796. The second-order valence-corrected chi connectivity index (χ2v) is 8.23. The van der Waals surface area contributed by atoms with E-state index in [1.165, 1.54) is 5.56 Å². The van der Waals surface area contributed by atoms with E-state index in [9.17, 15) is 4.79 Å². The highest BCUT2D eigenvalue weighted by atomic mass is 16.5. The summed E-state index contributed by atoms with van der Waals surface area (Å²) >= 11 is 0. The fourth-order valence-corrected chi connectivity index (χ4v) is 5.00. The van der Waals surface area contributed by atoms with Gasteiger partial charge in [-0.25, -0.2) is 0 Å². The molecule has 0 aromatic heterocycles. The smallest absolute Gasteiger partial charge is 0.243 e. The summed E-state index contributed by atoms with van der Waals surface area (Å²) in [5, 5.41) is 0. The monoisotopic (exact) mass is 372 g/mol. The van der Waals surface area contributed by atoms with Gasteiger partial charge < -0.3 is 14.4 Å². The molecule has 5 nitrogen and oxygen atoms in total. The van der Waals surface area contributed by atoms with E-state index in [-0.39, 0.29) is 5.54 Å². The normalized spacial score (nSPS) is 28.0. The van der Waals surface area contributed by atoms with Crippen LogP contribution >= 0.6 is 0 Å². The van der Waals surface area contributed by atoms with Gasteiger partial charge in [0.2, 0.25) is 5.91 Å². The molecule has 3 aliphatic heterocycles. The number of carbonyl (C=O) groups excluding carboxylic acids is 1. The number of benzene rings is 1. The van der Waals surface area contributed by atoms with E-state index in [2.05, 4.69) is 34.1 Å². The molecule has 3 saturated heterocycles. The first-order valence-corrected chi connectivity index (χ1v) is 10.5. The number of likely N-dealkylation sites (tertiary alicyclic amines) is 2. The number of amides is 1. The molecule has 1 aromatic carbocycles. The van der Waals surface area contributed by atoms with Gasteiger partial charge in [0.1, 0.15) is 5.54 Å². The van der Waals surface area contributed by atoms with Crippen molar-refractivity contribution in [1.29, 1.82) is 0 Å². The third-order valence-electron chi connectivity index (χ3n) is 6.40. The average molecular weight is 373 g/mol. The van der Waals surface area contributed by atoms with E-state index in [0.29, 0.717) is 25.0 Å². The highest BCUT2D eigenvalue weighted by Crippen LogP contribution is 2.38. The van der Waals surface area contributed by atoms with Crippen LogP contribution in [0.3, 0.4) is 0 Å². The van der Waals surface area contributed by atoms with E-state index in [0.717, 1.165) is 71.5 Å². The first kappa shape index (κ1) is 18.9. The van der Waals surface area contributed by atoms with Gasteiger partial charge in [0, 0.05) is 25.6 Å². The van der Waals surface area contributed by atoms with Crippen molar-refractivity contribution in [2.24, 2.45) is 5.92 Å². The molecule has 148 valence electrons. The number of ether oxygens (including phenoxy) is 2. The van der Waals surface area contributed by atoms with E-state index in [1.807, 2.05) is 6.07 Å². The molecule has 4 rings (SSSR count). The number of piperidine rings is 1. The van der Waals surface area contributed by atoms with Crippen LogP contribution in [-0.2, 0) is 20.7 Å². The minimum Gasteiger partial charge on any atom is -0.379 e. The molecular formula is C22H32N2O3. The van der Waals surface area contributed by atoms with Crippen LogP contribution in [0.4, 0.5) is 0 Å². The van der Waals surface area contributed by atoms with Gasteiger partial charge in [-0.3, -0.25) is 9.69 Å².